The number of likely N-dealkylation sites (N-methyl/N-ethyl adjacent to an activating group) is 2. The molecule has 51 heavy (non-hydrogen) atoms. The molecule has 1 aliphatic heterocycles. The van der Waals surface area contributed by atoms with Crippen molar-refractivity contribution < 1.29 is 23.9 Å². The first-order chi connectivity index (χ1) is 24.7. The molecule has 268 valence electrons. The smallest absolute Gasteiger partial charge is 0.410 e. The van der Waals surface area contributed by atoms with Gasteiger partial charge in [-0.15, -0.1) is 0 Å². The average molecular weight is 691 g/mol. The van der Waals surface area contributed by atoms with Crippen LogP contribution >= 0.6 is 0 Å². The summed E-state index contributed by atoms with van der Waals surface area (Å²) in [5.74, 6) is 1.14. The van der Waals surface area contributed by atoms with Crippen LogP contribution in [0, 0.1) is 5.41 Å². The number of aromatic nitrogens is 1. The van der Waals surface area contributed by atoms with Gasteiger partial charge < -0.3 is 29.2 Å². The van der Waals surface area contributed by atoms with Gasteiger partial charge in [0, 0.05) is 67.7 Å². The summed E-state index contributed by atoms with van der Waals surface area (Å²) < 4.78 is 13.8. The Balaban J connectivity index is 1.25. The largest absolute Gasteiger partial charge is 0.497 e. The van der Waals surface area contributed by atoms with Crippen LogP contribution in [0.3, 0.4) is 0 Å². The minimum absolute atomic E-state index is 0.0131. The van der Waals surface area contributed by atoms with Gasteiger partial charge in [0.15, 0.2) is 0 Å². The quantitative estimate of drug-likeness (QED) is 0.184. The van der Waals surface area contributed by atoms with Crippen LogP contribution < -0.4 is 10.1 Å². The second kappa shape index (κ2) is 14.1. The highest BCUT2D eigenvalue weighted by atomic mass is 16.6. The Morgan fingerprint density at radius 2 is 1.78 bits per heavy atom. The van der Waals surface area contributed by atoms with Crippen molar-refractivity contribution in [2.75, 3.05) is 34.3 Å². The van der Waals surface area contributed by atoms with Crippen molar-refractivity contribution in [3.63, 3.8) is 0 Å². The molecule has 1 N–H and O–H groups in total. The maximum absolute atomic E-state index is 14.9. The first-order valence-corrected chi connectivity index (χ1v) is 18.5. The molecule has 0 spiro atoms. The van der Waals surface area contributed by atoms with Crippen molar-refractivity contribution in [1.82, 2.24) is 19.7 Å². The van der Waals surface area contributed by atoms with Crippen LogP contribution in [0.25, 0.3) is 22.2 Å². The van der Waals surface area contributed by atoms with Gasteiger partial charge in [-0.25, -0.2) is 4.79 Å². The molecule has 3 aliphatic rings. The first kappa shape index (κ1) is 34.6. The molecule has 2 saturated carbocycles. The third-order valence-electron chi connectivity index (χ3n) is 11.7. The van der Waals surface area contributed by atoms with Gasteiger partial charge in [0.1, 0.15) is 12.4 Å². The Labute approximate surface area is 300 Å². The maximum Gasteiger partial charge on any atom is 0.410 e. The first-order valence-electron chi connectivity index (χ1n) is 18.5. The van der Waals surface area contributed by atoms with E-state index in [0.29, 0.717) is 37.5 Å². The van der Waals surface area contributed by atoms with Gasteiger partial charge in [-0.1, -0.05) is 55.7 Å². The van der Waals surface area contributed by atoms with E-state index >= 15 is 0 Å². The monoisotopic (exact) mass is 690 g/mol. The molecule has 0 saturated heterocycles. The predicted molar refractivity (Wildman–Crippen MR) is 199 cm³/mol. The number of nitrogens with zero attached hydrogens (tertiary/aromatic N) is 3. The van der Waals surface area contributed by atoms with Crippen LogP contribution in [0.5, 0.6) is 5.75 Å². The Kier molecular flexibility index (Phi) is 9.57. The number of hydrogen-bond donors (Lipinski definition) is 1. The minimum Gasteiger partial charge on any atom is -0.497 e. The number of hydrogen-bond acceptors (Lipinski definition) is 5. The predicted octanol–water partition coefficient (Wildman–Crippen LogP) is 7.72. The van der Waals surface area contributed by atoms with Crippen molar-refractivity contribution in [1.29, 1.82) is 0 Å². The molecule has 3 atom stereocenters. The summed E-state index contributed by atoms with van der Waals surface area (Å²) in [5.41, 5.74) is 6.68. The fourth-order valence-electron chi connectivity index (χ4n) is 8.70. The van der Waals surface area contributed by atoms with Gasteiger partial charge >= 0.3 is 6.09 Å². The normalized spacial score (nSPS) is 19.9. The third kappa shape index (κ3) is 6.25. The highest BCUT2D eigenvalue weighted by molar-refractivity contribution is 6.01. The Hall–Kier alpha value is -4.79. The molecule has 1 aromatic heterocycles. The Morgan fingerprint density at radius 1 is 1.02 bits per heavy atom. The summed E-state index contributed by atoms with van der Waals surface area (Å²) in [7, 11) is 5.21. The van der Waals surface area contributed by atoms with Crippen LogP contribution in [0.1, 0.15) is 91.3 Å². The summed E-state index contributed by atoms with van der Waals surface area (Å²) in [6.45, 7) is 5.47. The van der Waals surface area contributed by atoms with E-state index in [-0.39, 0.29) is 30.4 Å². The Morgan fingerprint density at radius 3 is 2.49 bits per heavy atom. The minimum atomic E-state index is -0.682. The molecule has 0 radical (unpaired) electrons. The van der Waals surface area contributed by atoms with Gasteiger partial charge in [0.25, 0.3) is 5.91 Å². The molecule has 9 nitrogen and oxygen atoms in total. The molecule has 2 unspecified atom stereocenters. The van der Waals surface area contributed by atoms with Crippen molar-refractivity contribution in [3.05, 3.63) is 89.0 Å². The number of amides is 3. The highest BCUT2D eigenvalue weighted by Crippen LogP contribution is 2.66. The molecule has 2 heterocycles. The summed E-state index contributed by atoms with van der Waals surface area (Å²) in [6.07, 6.45) is 6.23. The SMILES string of the molecule is CCN(C[C@@H](C)N(C)C(=O)C12CC1c1cc(OC)ccc1-c1c(C3CCCCC3)c3ccc(C(=O)NC)cc3n1C2)C(=O)OCc1ccccc1. The summed E-state index contributed by atoms with van der Waals surface area (Å²) in [5, 5.41) is 3.96. The standard InChI is InChI=1S/C42H50N4O5/c1-6-45(41(49)51-25-28-13-9-7-10-14-28)24-27(2)44(4)40(48)42-23-35(42)34-22-31(50-5)18-20-32(34)38-37(29-15-11-8-12-16-29)33-19-17-30(39(47)43-3)21-36(33)46(38)26-42/h7,9-10,13-14,17-22,27,29,35H,6,8,11-12,15-16,23-26H2,1-5H3,(H,43,47)/t27-,35?,42?/m1/s1. The Bertz CT molecular complexity index is 1950. The van der Waals surface area contributed by atoms with Gasteiger partial charge in [0.05, 0.1) is 18.2 Å². The van der Waals surface area contributed by atoms with Crippen molar-refractivity contribution in [3.8, 4) is 17.0 Å². The third-order valence-corrected chi connectivity index (χ3v) is 11.7. The second-order valence-corrected chi connectivity index (χ2v) is 14.7. The number of carbonyl (C=O) groups is 3. The van der Waals surface area contributed by atoms with Crippen LogP contribution in [0.4, 0.5) is 4.79 Å². The van der Waals surface area contributed by atoms with E-state index in [1.807, 2.05) is 74.3 Å². The molecule has 9 heteroatoms. The summed E-state index contributed by atoms with van der Waals surface area (Å²) >= 11 is 0. The molecule has 4 aromatic rings. The lowest BCUT2D eigenvalue weighted by Gasteiger charge is -2.33. The highest BCUT2D eigenvalue weighted by Gasteiger charge is 2.64. The van der Waals surface area contributed by atoms with E-state index < -0.39 is 11.5 Å². The molecule has 7 rings (SSSR count). The second-order valence-electron chi connectivity index (χ2n) is 14.7. The van der Waals surface area contributed by atoms with Crippen molar-refractivity contribution in [2.45, 2.75) is 83.4 Å². The van der Waals surface area contributed by atoms with Gasteiger partial charge in [-0.05, 0) is 86.1 Å². The van der Waals surface area contributed by atoms with Crippen LogP contribution in [0.2, 0.25) is 0 Å². The summed E-state index contributed by atoms with van der Waals surface area (Å²) in [6, 6.07) is 21.8. The molecule has 2 aliphatic carbocycles. The van der Waals surface area contributed by atoms with E-state index in [2.05, 4.69) is 28.1 Å². The molecule has 3 amide bonds. The average Bonchev–Trinajstić information content (AvgIpc) is 3.85. The van der Waals surface area contributed by atoms with Gasteiger partial charge in [0.2, 0.25) is 5.91 Å². The zero-order chi connectivity index (χ0) is 35.9. The van der Waals surface area contributed by atoms with Crippen LogP contribution in [0.15, 0.2) is 66.7 Å². The number of nitrogens with one attached hydrogen (secondary N) is 1. The molecular weight excluding hydrogens is 640 g/mol. The molecule has 2 fully saturated rings. The maximum atomic E-state index is 14.9. The van der Waals surface area contributed by atoms with Crippen LogP contribution in [-0.4, -0.2) is 72.6 Å². The molecule has 3 aromatic carbocycles. The van der Waals surface area contributed by atoms with Gasteiger partial charge in [-0.3, -0.25) is 9.59 Å². The molecule has 0 bridgehead atoms. The lowest BCUT2D eigenvalue weighted by molar-refractivity contribution is -0.138. The number of rotatable bonds is 10. The lowest BCUT2D eigenvalue weighted by atomic mass is 9.81. The van der Waals surface area contributed by atoms with E-state index in [0.717, 1.165) is 40.8 Å². The van der Waals surface area contributed by atoms with Gasteiger partial charge in [-0.2, -0.15) is 0 Å². The summed E-state index contributed by atoms with van der Waals surface area (Å²) in [4.78, 5) is 44.5. The number of methoxy groups -OCH3 is 1. The van der Waals surface area contributed by atoms with E-state index in [4.69, 9.17) is 9.47 Å². The number of ether oxygens (including phenoxy) is 2. The molecular formula is C42H50N4O5. The van der Waals surface area contributed by atoms with E-state index in [1.54, 1.807) is 19.1 Å². The zero-order valence-corrected chi connectivity index (χ0v) is 30.5. The van der Waals surface area contributed by atoms with E-state index in [9.17, 15) is 14.4 Å². The number of fused-ring (bicyclic) bond motifs is 7. The van der Waals surface area contributed by atoms with Crippen molar-refractivity contribution >= 4 is 28.8 Å². The number of benzene rings is 3. The lowest BCUT2D eigenvalue weighted by Crippen LogP contribution is -2.48. The fourth-order valence-corrected chi connectivity index (χ4v) is 8.70. The van der Waals surface area contributed by atoms with E-state index in [1.165, 1.54) is 35.9 Å². The fraction of sp³-hybridized carbons (Fsp3) is 0.452. The number of carbonyl (C=O) groups excluding carboxylic acids is 3. The topological polar surface area (TPSA) is 93.1 Å². The zero-order valence-electron chi connectivity index (χ0n) is 30.5. The van der Waals surface area contributed by atoms with Crippen LogP contribution in [-0.2, 0) is 22.7 Å². The van der Waals surface area contributed by atoms with Crippen molar-refractivity contribution in [2.24, 2.45) is 5.41 Å².